The van der Waals surface area contributed by atoms with Crippen LogP contribution in [-0.2, 0) is 24.1 Å². The van der Waals surface area contributed by atoms with Crippen molar-refractivity contribution in [1.82, 2.24) is 0 Å². The van der Waals surface area contributed by atoms with E-state index >= 15 is 0 Å². The van der Waals surface area contributed by atoms with Crippen molar-refractivity contribution in [3.63, 3.8) is 0 Å². The lowest BCUT2D eigenvalue weighted by molar-refractivity contribution is -0.222. The molecule has 16 heavy (non-hydrogen) atoms. The Hall–Kier alpha value is -0.830. The molecule has 94 valence electrons. The molecule has 0 bridgehead atoms. The molecule has 0 atom stereocenters. The molecule has 0 saturated heterocycles. The average Bonchev–Trinajstić information content (AvgIpc) is 2.65. The normalized spacial score (nSPS) is 18.7. The molecule has 1 aliphatic carbocycles. The summed E-state index contributed by atoms with van der Waals surface area (Å²) in [5.41, 5.74) is -5.59. The maximum atomic E-state index is 11.8. The van der Waals surface area contributed by atoms with Crippen LogP contribution in [0.2, 0.25) is 0 Å². The van der Waals surface area contributed by atoms with Crippen LogP contribution in [0.3, 0.4) is 0 Å². The predicted octanol–water partition coefficient (Wildman–Crippen LogP) is 1.50. The molecule has 5 nitrogen and oxygen atoms in total. The summed E-state index contributed by atoms with van der Waals surface area (Å²) in [7, 11) is -5.87. The van der Waals surface area contributed by atoms with Gasteiger partial charge in [0.15, 0.2) is 0 Å². The van der Waals surface area contributed by atoms with Crippen LogP contribution in [0.4, 0.5) is 13.2 Å². The quantitative estimate of drug-likeness (QED) is 0.438. The molecule has 0 aliphatic heterocycles. The van der Waals surface area contributed by atoms with Crippen LogP contribution in [0.1, 0.15) is 25.7 Å². The molecule has 1 aliphatic rings. The molecule has 1 saturated carbocycles. The minimum Gasteiger partial charge on any atom is -0.281 e. The molecule has 0 unspecified atom stereocenters. The third-order valence-corrected chi connectivity index (χ3v) is 2.99. The lowest BCUT2D eigenvalue weighted by Gasteiger charge is -2.09. The molecule has 0 aromatic heterocycles. The number of hydrogen-bond acceptors (Lipinski definition) is 5. The maximum absolute atomic E-state index is 11.8. The summed E-state index contributed by atoms with van der Waals surface area (Å²) >= 11 is 0. The van der Waals surface area contributed by atoms with Crippen molar-refractivity contribution in [3.05, 3.63) is 0 Å². The van der Waals surface area contributed by atoms with Crippen molar-refractivity contribution in [2.45, 2.75) is 31.2 Å². The molecular formula is C7H9F3O5S. The largest absolute Gasteiger partial charge is 0.526 e. The number of carbonyl (C=O) groups excluding carboxylic acids is 1. The Morgan fingerprint density at radius 3 is 2.12 bits per heavy atom. The first kappa shape index (κ1) is 13.2. The van der Waals surface area contributed by atoms with Gasteiger partial charge in [-0.15, -0.1) is 0 Å². The van der Waals surface area contributed by atoms with Crippen molar-refractivity contribution in [1.29, 1.82) is 0 Å². The summed E-state index contributed by atoms with van der Waals surface area (Å²) < 4.78 is 59.1. The summed E-state index contributed by atoms with van der Waals surface area (Å²) in [6, 6.07) is 0. The second-order valence-electron chi connectivity index (χ2n) is 3.35. The molecule has 0 amide bonds. The highest BCUT2D eigenvalue weighted by molar-refractivity contribution is 7.87. The van der Waals surface area contributed by atoms with Crippen LogP contribution in [0.25, 0.3) is 0 Å². The number of halogens is 3. The van der Waals surface area contributed by atoms with Crippen molar-refractivity contribution in [2.75, 3.05) is 0 Å². The molecular weight excluding hydrogens is 253 g/mol. The van der Waals surface area contributed by atoms with E-state index in [1.807, 2.05) is 0 Å². The van der Waals surface area contributed by atoms with E-state index in [4.69, 9.17) is 0 Å². The highest BCUT2D eigenvalue weighted by atomic mass is 32.2. The van der Waals surface area contributed by atoms with Gasteiger partial charge >= 0.3 is 21.6 Å². The van der Waals surface area contributed by atoms with Crippen LogP contribution in [0, 0.1) is 5.92 Å². The lowest BCUT2D eigenvalue weighted by atomic mass is 10.1. The van der Waals surface area contributed by atoms with E-state index in [1.165, 1.54) is 0 Å². The zero-order chi connectivity index (χ0) is 12.4. The van der Waals surface area contributed by atoms with Gasteiger partial charge in [-0.05, 0) is 17.2 Å². The standard InChI is InChI=1S/C7H9F3O5S/c8-7(9,10)16(12,13)15-14-6(11)5-3-1-2-4-5/h5H,1-4H2. The summed E-state index contributed by atoms with van der Waals surface area (Å²) in [4.78, 5) is 14.7. The average molecular weight is 262 g/mol. The maximum Gasteiger partial charge on any atom is 0.526 e. The van der Waals surface area contributed by atoms with Crippen LogP contribution in [-0.4, -0.2) is 19.9 Å². The van der Waals surface area contributed by atoms with Gasteiger partial charge in [-0.25, -0.2) is 4.79 Å². The molecule has 9 heteroatoms. The highest BCUT2D eigenvalue weighted by Gasteiger charge is 2.49. The second-order valence-corrected chi connectivity index (χ2v) is 4.86. The fraction of sp³-hybridized carbons (Fsp3) is 0.857. The molecule has 1 rings (SSSR count). The van der Waals surface area contributed by atoms with E-state index < -0.39 is 27.5 Å². The van der Waals surface area contributed by atoms with Crippen molar-refractivity contribution >= 4 is 16.1 Å². The van der Waals surface area contributed by atoms with Gasteiger partial charge in [-0.2, -0.15) is 21.6 Å². The molecule has 0 heterocycles. The fourth-order valence-electron chi connectivity index (χ4n) is 1.35. The Morgan fingerprint density at radius 1 is 1.19 bits per heavy atom. The van der Waals surface area contributed by atoms with Crippen LogP contribution >= 0.6 is 0 Å². The van der Waals surface area contributed by atoms with E-state index in [0.717, 1.165) is 12.8 Å². The molecule has 0 aromatic carbocycles. The SMILES string of the molecule is O=C(OOS(=O)(=O)C(F)(F)F)C1CCCC1. The number of carbonyl (C=O) groups is 1. The zero-order valence-corrected chi connectivity index (χ0v) is 8.81. The van der Waals surface area contributed by atoms with Gasteiger partial charge in [-0.3, -0.25) is 4.89 Å². The van der Waals surface area contributed by atoms with Gasteiger partial charge in [0.25, 0.3) is 0 Å². The Bertz CT molecular complexity index is 355. The molecule has 0 spiro atoms. The van der Waals surface area contributed by atoms with Crippen LogP contribution < -0.4 is 0 Å². The second kappa shape index (κ2) is 4.58. The van der Waals surface area contributed by atoms with E-state index in [1.54, 1.807) is 0 Å². The molecule has 1 fully saturated rings. The van der Waals surface area contributed by atoms with Crippen molar-refractivity contribution < 1.29 is 35.6 Å². The Balaban J connectivity index is 2.48. The molecule has 0 N–H and O–H groups in total. The van der Waals surface area contributed by atoms with Gasteiger partial charge in [0.1, 0.15) is 0 Å². The Kier molecular flexibility index (Phi) is 3.79. The summed E-state index contributed by atoms with van der Waals surface area (Å²) in [5.74, 6) is -1.66. The first-order valence-electron chi connectivity index (χ1n) is 4.45. The molecule has 0 radical (unpaired) electrons. The Morgan fingerprint density at radius 2 is 1.69 bits per heavy atom. The first-order chi connectivity index (χ1) is 7.24. The monoisotopic (exact) mass is 262 g/mol. The van der Waals surface area contributed by atoms with Gasteiger partial charge < -0.3 is 0 Å². The van der Waals surface area contributed by atoms with Crippen molar-refractivity contribution in [3.8, 4) is 0 Å². The van der Waals surface area contributed by atoms with Gasteiger partial charge in [0.05, 0.1) is 5.92 Å². The first-order valence-corrected chi connectivity index (χ1v) is 5.86. The molecule has 0 aromatic rings. The predicted molar refractivity (Wildman–Crippen MR) is 44.1 cm³/mol. The van der Waals surface area contributed by atoms with E-state index in [0.29, 0.717) is 12.8 Å². The lowest BCUT2D eigenvalue weighted by Crippen LogP contribution is -2.28. The summed E-state index contributed by atoms with van der Waals surface area (Å²) in [6.07, 6.45) is 2.44. The van der Waals surface area contributed by atoms with E-state index in [-0.39, 0.29) is 0 Å². The van der Waals surface area contributed by atoms with Gasteiger partial charge in [-0.1, -0.05) is 12.8 Å². The van der Waals surface area contributed by atoms with E-state index in [2.05, 4.69) is 9.22 Å². The third kappa shape index (κ3) is 3.08. The summed E-state index contributed by atoms with van der Waals surface area (Å²) in [6.45, 7) is 0. The van der Waals surface area contributed by atoms with Gasteiger partial charge in [0, 0.05) is 0 Å². The number of hydrogen-bond donors (Lipinski definition) is 0. The smallest absolute Gasteiger partial charge is 0.281 e. The minimum atomic E-state index is -5.87. The number of alkyl halides is 3. The third-order valence-electron chi connectivity index (χ3n) is 2.18. The summed E-state index contributed by atoms with van der Waals surface area (Å²) in [5, 5.41) is 0. The zero-order valence-electron chi connectivity index (χ0n) is 7.99. The topological polar surface area (TPSA) is 69.7 Å². The highest BCUT2D eigenvalue weighted by Crippen LogP contribution is 2.28. The Labute approximate surface area is 89.6 Å². The van der Waals surface area contributed by atoms with E-state index in [9.17, 15) is 26.4 Å². The van der Waals surface area contributed by atoms with Gasteiger partial charge in [0.2, 0.25) is 0 Å². The van der Waals surface area contributed by atoms with Crippen LogP contribution in [0.15, 0.2) is 0 Å². The number of rotatable bonds is 3. The van der Waals surface area contributed by atoms with Crippen molar-refractivity contribution in [2.24, 2.45) is 5.92 Å². The minimum absolute atomic E-state index is 0.467. The van der Waals surface area contributed by atoms with Crippen LogP contribution in [0.5, 0.6) is 0 Å². The fourth-order valence-corrected chi connectivity index (χ4v) is 1.58.